The number of carbonyl (C=O) groups excluding carboxylic acids is 1. The lowest BCUT2D eigenvalue weighted by molar-refractivity contribution is -0.389. The Morgan fingerprint density at radius 1 is 1.57 bits per heavy atom. The van der Waals surface area contributed by atoms with Crippen LogP contribution in [0.4, 0.5) is 20.3 Å². The average Bonchev–Trinajstić information content (AvgIpc) is 2.45. The summed E-state index contributed by atoms with van der Waals surface area (Å²) >= 11 is 0. The molecule has 1 aliphatic heterocycles. The Kier molecular flexibility index (Phi) is 4.49. The quantitative estimate of drug-likeness (QED) is 0.358. The topological polar surface area (TPSA) is 76.3 Å². The molecule has 1 unspecified atom stereocenters. The third kappa shape index (κ3) is 3.53. The van der Waals surface area contributed by atoms with Gasteiger partial charge in [-0.2, -0.15) is 0 Å². The van der Waals surface area contributed by atoms with E-state index >= 15 is 0 Å². The first kappa shape index (κ1) is 15.3. The molecule has 1 atom stereocenters. The molecule has 2 heterocycles. The minimum atomic E-state index is -2.92. The summed E-state index contributed by atoms with van der Waals surface area (Å²) in [7, 11) is 1.21. The summed E-state index contributed by atoms with van der Waals surface area (Å²) in [6.45, 7) is -0.0870. The zero-order chi connectivity index (χ0) is 15.5. The fourth-order valence-electron chi connectivity index (χ4n) is 2.39. The number of carbonyl (C=O) groups is 1. The van der Waals surface area contributed by atoms with Crippen LogP contribution >= 0.6 is 0 Å². The molecule has 0 spiro atoms. The molecule has 9 heteroatoms. The summed E-state index contributed by atoms with van der Waals surface area (Å²) in [5, 5.41) is 10.5. The van der Waals surface area contributed by atoms with Crippen LogP contribution in [0.25, 0.3) is 0 Å². The molecular weight excluding hydrogens is 283 g/mol. The number of hydrogen-bond acceptors (Lipinski definition) is 5. The van der Waals surface area contributed by atoms with Crippen LogP contribution in [-0.4, -0.2) is 42.4 Å². The zero-order valence-electron chi connectivity index (χ0n) is 11.1. The normalized spacial score (nSPS) is 20.9. The van der Waals surface area contributed by atoms with Crippen LogP contribution in [0.5, 0.6) is 0 Å². The van der Waals surface area contributed by atoms with Gasteiger partial charge in [0.2, 0.25) is 0 Å². The van der Waals surface area contributed by atoms with Crippen LogP contribution in [0, 0.1) is 16.0 Å². The monoisotopic (exact) mass is 296 g/mol. The summed E-state index contributed by atoms with van der Waals surface area (Å²) < 4.78 is 28.1. The number of nitrogens with zero attached hydrogens (tertiary/aromatic N) is 3. The summed E-state index contributed by atoms with van der Waals surface area (Å²) in [5.74, 6) is -4.09. The van der Waals surface area contributed by atoms with Crippen LogP contribution < -0.4 is 4.90 Å². The van der Waals surface area contributed by atoms with Crippen molar-refractivity contribution in [3.05, 3.63) is 28.4 Å². The van der Waals surface area contributed by atoms with E-state index in [4.69, 9.17) is 0 Å². The Morgan fingerprint density at radius 2 is 2.33 bits per heavy atom. The van der Waals surface area contributed by atoms with Gasteiger partial charge in [0, 0.05) is 18.5 Å². The molecular formula is C12H13BF2N3O3. The highest BCUT2D eigenvalue weighted by Crippen LogP contribution is 2.37. The second-order valence-corrected chi connectivity index (χ2v) is 4.91. The smallest absolute Gasteiger partial charge is 0.362 e. The van der Waals surface area contributed by atoms with Gasteiger partial charge >= 0.3 is 5.82 Å². The molecule has 1 radical (unpaired) electrons. The maximum Gasteiger partial charge on any atom is 0.363 e. The third-order valence-corrected chi connectivity index (χ3v) is 3.55. The first-order valence-corrected chi connectivity index (χ1v) is 6.44. The Bertz CT molecular complexity index is 527. The minimum absolute atomic E-state index is 0.0584. The maximum absolute atomic E-state index is 14.0. The molecule has 0 saturated carbocycles. The molecule has 6 nitrogen and oxygen atoms in total. The molecule has 1 aromatic rings. The van der Waals surface area contributed by atoms with Gasteiger partial charge in [-0.25, -0.2) is 8.78 Å². The highest BCUT2D eigenvalue weighted by atomic mass is 19.3. The highest BCUT2D eigenvalue weighted by Gasteiger charge is 2.44. The molecule has 0 bridgehead atoms. The molecule has 2 rings (SSSR count). The van der Waals surface area contributed by atoms with Crippen molar-refractivity contribution in [1.29, 1.82) is 0 Å². The van der Waals surface area contributed by atoms with Crippen LogP contribution in [0.3, 0.4) is 0 Å². The highest BCUT2D eigenvalue weighted by molar-refractivity contribution is 6.66. The number of nitro groups is 1. The SMILES string of the molecule is O=C[B]CC1CCN(c2ccc([N+](=O)[O-])nc2)CC1(F)F. The number of hydrogen-bond donors (Lipinski definition) is 0. The molecule has 1 fully saturated rings. The summed E-state index contributed by atoms with van der Waals surface area (Å²) in [4.78, 5) is 25.2. The largest absolute Gasteiger partial charge is 0.363 e. The number of rotatable bonds is 5. The molecule has 0 N–H and O–H groups in total. The summed E-state index contributed by atoms with van der Waals surface area (Å²) in [6.07, 6.45) is 2.06. The zero-order valence-corrected chi connectivity index (χ0v) is 11.1. The van der Waals surface area contributed by atoms with E-state index in [0.29, 0.717) is 18.4 Å². The van der Waals surface area contributed by atoms with Gasteiger partial charge in [0.05, 0.1) is 18.4 Å². The van der Waals surface area contributed by atoms with Crippen molar-refractivity contribution < 1.29 is 18.5 Å². The van der Waals surface area contributed by atoms with Crippen LogP contribution in [0.2, 0.25) is 6.32 Å². The summed E-state index contributed by atoms with van der Waals surface area (Å²) in [5.41, 5.74) is 0.429. The standard InChI is InChI=1S/C12H13BF2N3O3/c14-12(15)7-17(4-3-9(12)5-13-8-19)10-1-2-11(16-6-10)18(20)21/h1-2,6,8-9H,3-5,7H2. The Labute approximate surface area is 120 Å². The first-order valence-electron chi connectivity index (χ1n) is 6.44. The van der Waals surface area contributed by atoms with Crippen LogP contribution in [-0.2, 0) is 4.79 Å². The molecule has 1 aromatic heterocycles. The van der Waals surface area contributed by atoms with Crippen molar-refractivity contribution >= 4 is 25.0 Å². The van der Waals surface area contributed by atoms with Gasteiger partial charge in [0.1, 0.15) is 0 Å². The van der Waals surface area contributed by atoms with Crippen LogP contribution in [0.1, 0.15) is 6.42 Å². The van der Waals surface area contributed by atoms with Crippen molar-refractivity contribution in [3.63, 3.8) is 0 Å². The van der Waals surface area contributed by atoms with E-state index in [-0.39, 0.29) is 18.6 Å². The van der Waals surface area contributed by atoms with E-state index < -0.39 is 23.3 Å². The maximum atomic E-state index is 14.0. The first-order chi connectivity index (χ1) is 9.94. The van der Waals surface area contributed by atoms with Crippen molar-refractivity contribution in [2.75, 3.05) is 18.0 Å². The van der Waals surface area contributed by atoms with E-state index in [2.05, 4.69) is 4.98 Å². The third-order valence-electron chi connectivity index (χ3n) is 3.55. The second-order valence-electron chi connectivity index (χ2n) is 4.91. The van der Waals surface area contributed by atoms with Gasteiger partial charge < -0.3 is 19.8 Å². The molecule has 0 aliphatic carbocycles. The lowest BCUT2D eigenvalue weighted by atomic mass is 9.68. The van der Waals surface area contributed by atoms with Crippen molar-refractivity contribution in [2.45, 2.75) is 18.7 Å². The van der Waals surface area contributed by atoms with E-state index in [1.807, 2.05) is 0 Å². The van der Waals surface area contributed by atoms with Crippen LogP contribution in [0.15, 0.2) is 18.3 Å². The number of piperidine rings is 1. The molecule has 1 saturated heterocycles. The Morgan fingerprint density at radius 3 is 2.86 bits per heavy atom. The number of alkyl halides is 2. The molecule has 111 valence electrons. The van der Waals surface area contributed by atoms with Gasteiger partial charge in [-0.05, 0) is 22.4 Å². The van der Waals surface area contributed by atoms with Gasteiger partial charge in [-0.3, -0.25) is 0 Å². The molecule has 0 amide bonds. The average molecular weight is 296 g/mol. The van der Waals surface area contributed by atoms with E-state index in [9.17, 15) is 23.7 Å². The molecule has 21 heavy (non-hydrogen) atoms. The Balaban J connectivity index is 2.06. The van der Waals surface area contributed by atoms with Gasteiger partial charge in [0.15, 0.2) is 13.5 Å². The van der Waals surface area contributed by atoms with Gasteiger partial charge in [-0.15, -0.1) is 0 Å². The van der Waals surface area contributed by atoms with E-state index in [1.54, 1.807) is 0 Å². The number of aromatic nitrogens is 1. The number of anilines is 1. The summed E-state index contributed by atoms with van der Waals surface area (Å²) in [6, 6.07) is 2.61. The molecule has 0 aromatic carbocycles. The predicted octanol–water partition coefficient (Wildman–Crippen LogP) is 1.76. The minimum Gasteiger partial charge on any atom is -0.362 e. The fraction of sp³-hybridized carbons (Fsp3) is 0.500. The van der Waals surface area contributed by atoms with Crippen molar-refractivity contribution in [2.24, 2.45) is 5.92 Å². The lowest BCUT2D eigenvalue weighted by Gasteiger charge is -2.39. The fourth-order valence-corrected chi connectivity index (χ4v) is 2.39. The lowest BCUT2D eigenvalue weighted by Crippen LogP contribution is -2.49. The van der Waals surface area contributed by atoms with E-state index in [1.165, 1.54) is 30.5 Å². The Hall–Kier alpha value is -2.06. The van der Waals surface area contributed by atoms with Crippen molar-refractivity contribution in [3.8, 4) is 0 Å². The predicted molar refractivity (Wildman–Crippen MR) is 73.5 cm³/mol. The number of halogens is 2. The number of pyridine rings is 1. The van der Waals surface area contributed by atoms with Gasteiger partial charge in [-0.1, -0.05) is 6.32 Å². The van der Waals surface area contributed by atoms with Gasteiger partial charge in [0.25, 0.3) is 5.92 Å². The van der Waals surface area contributed by atoms with Crippen molar-refractivity contribution in [1.82, 2.24) is 4.98 Å². The van der Waals surface area contributed by atoms with E-state index in [0.717, 1.165) is 0 Å². The molecule has 1 aliphatic rings. The second kappa shape index (κ2) is 6.15.